The molecule has 0 fully saturated rings. The highest BCUT2D eigenvalue weighted by atomic mass is 16.5. The molecule has 3 aromatic carbocycles. The van der Waals surface area contributed by atoms with E-state index in [4.69, 9.17) is 19.4 Å². The van der Waals surface area contributed by atoms with Crippen molar-refractivity contribution in [2.45, 2.75) is 19.6 Å². The topological polar surface area (TPSA) is 97.3 Å². The normalized spacial score (nSPS) is 12.7. The minimum Gasteiger partial charge on any atom is -0.493 e. The SMILES string of the molecule is COc1cc2c(cc1OC)CN(C(=O)/C=C/c1ccc(OCc3ccc(C(=O)NO)cc3)cc1)CC2. The maximum absolute atomic E-state index is 12.8. The van der Waals surface area contributed by atoms with E-state index in [0.717, 1.165) is 23.1 Å². The van der Waals surface area contributed by atoms with Crippen LogP contribution in [-0.4, -0.2) is 42.7 Å². The smallest absolute Gasteiger partial charge is 0.274 e. The predicted octanol–water partition coefficient (Wildman–Crippen LogP) is 4.00. The maximum Gasteiger partial charge on any atom is 0.274 e. The van der Waals surface area contributed by atoms with E-state index < -0.39 is 5.91 Å². The lowest BCUT2D eigenvalue weighted by Gasteiger charge is -2.28. The van der Waals surface area contributed by atoms with Gasteiger partial charge in [-0.1, -0.05) is 24.3 Å². The Morgan fingerprint density at radius 3 is 2.28 bits per heavy atom. The Balaban J connectivity index is 1.31. The fourth-order valence-corrected chi connectivity index (χ4v) is 4.00. The first kappa shape index (κ1) is 24.8. The third-order valence-corrected chi connectivity index (χ3v) is 6.05. The van der Waals surface area contributed by atoms with Crippen LogP contribution in [0.5, 0.6) is 17.2 Å². The molecule has 0 radical (unpaired) electrons. The van der Waals surface area contributed by atoms with Crippen LogP contribution >= 0.6 is 0 Å². The first-order chi connectivity index (χ1) is 17.5. The number of ether oxygens (including phenoxy) is 3. The lowest BCUT2D eigenvalue weighted by Crippen LogP contribution is -2.34. The summed E-state index contributed by atoms with van der Waals surface area (Å²) in [4.78, 5) is 26.0. The molecule has 0 unspecified atom stereocenters. The molecular formula is C28H28N2O6. The van der Waals surface area contributed by atoms with Gasteiger partial charge in [0, 0.05) is 24.7 Å². The summed E-state index contributed by atoms with van der Waals surface area (Å²) in [6.45, 7) is 1.50. The molecule has 0 atom stereocenters. The van der Waals surface area contributed by atoms with Crippen molar-refractivity contribution in [2.24, 2.45) is 0 Å². The van der Waals surface area contributed by atoms with E-state index in [2.05, 4.69) is 0 Å². The number of hydrogen-bond acceptors (Lipinski definition) is 6. The number of fused-ring (bicyclic) bond motifs is 1. The van der Waals surface area contributed by atoms with Crippen LogP contribution in [-0.2, 0) is 24.4 Å². The van der Waals surface area contributed by atoms with Crippen LogP contribution in [0.4, 0.5) is 0 Å². The van der Waals surface area contributed by atoms with Gasteiger partial charge in [0.25, 0.3) is 5.91 Å². The van der Waals surface area contributed by atoms with Gasteiger partial charge in [-0.25, -0.2) is 5.48 Å². The molecule has 1 heterocycles. The number of nitrogens with zero attached hydrogens (tertiary/aromatic N) is 1. The molecule has 0 saturated carbocycles. The molecule has 0 spiro atoms. The van der Waals surface area contributed by atoms with E-state index in [0.29, 0.717) is 42.5 Å². The average Bonchev–Trinajstić information content (AvgIpc) is 2.94. The standard InChI is InChI=1S/C28H28N2O6/c1-34-25-15-22-13-14-30(17-23(22)16-26(25)35-2)27(31)12-7-19-5-10-24(11-6-19)36-18-20-3-8-21(9-4-20)28(32)29-33/h3-12,15-16,33H,13-14,17-18H2,1-2H3,(H,29,32)/b12-7+. The lowest BCUT2D eigenvalue weighted by atomic mass is 9.98. The Morgan fingerprint density at radius 2 is 1.64 bits per heavy atom. The quantitative estimate of drug-likeness (QED) is 0.283. The molecule has 2 N–H and O–H groups in total. The monoisotopic (exact) mass is 488 g/mol. The van der Waals surface area contributed by atoms with Crippen LogP contribution in [0.2, 0.25) is 0 Å². The van der Waals surface area contributed by atoms with Gasteiger partial charge in [-0.2, -0.15) is 0 Å². The second-order valence-corrected chi connectivity index (χ2v) is 8.31. The van der Waals surface area contributed by atoms with Gasteiger partial charge in [0.1, 0.15) is 12.4 Å². The Kier molecular flexibility index (Phi) is 7.87. The largest absolute Gasteiger partial charge is 0.493 e. The molecule has 0 saturated heterocycles. The number of amides is 2. The van der Waals surface area contributed by atoms with Gasteiger partial charge in [-0.05, 0) is 71.1 Å². The van der Waals surface area contributed by atoms with E-state index in [1.54, 1.807) is 56.1 Å². The van der Waals surface area contributed by atoms with Crippen molar-refractivity contribution in [1.29, 1.82) is 0 Å². The number of carbonyl (C=O) groups excluding carboxylic acids is 2. The first-order valence-corrected chi connectivity index (χ1v) is 11.5. The highest BCUT2D eigenvalue weighted by Gasteiger charge is 2.21. The zero-order chi connectivity index (χ0) is 25.5. The van der Waals surface area contributed by atoms with Gasteiger partial charge in [-0.3, -0.25) is 14.8 Å². The van der Waals surface area contributed by atoms with Crippen molar-refractivity contribution in [3.05, 3.63) is 94.6 Å². The zero-order valence-electron chi connectivity index (χ0n) is 20.2. The van der Waals surface area contributed by atoms with Crippen LogP contribution in [0.25, 0.3) is 6.08 Å². The Hall–Kier alpha value is -4.30. The number of hydrogen-bond donors (Lipinski definition) is 2. The number of nitrogens with one attached hydrogen (secondary N) is 1. The number of carbonyl (C=O) groups is 2. The summed E-state index contributed by atoms with van der Waals surface area (Å²) in [6.07, 6.45) is 4.14. The van der Waals surface area contributed by atoms with Gasteiger partial charge in [-0.15, -0.1) is 0 Å². The number of rotatable bonds is 8. The lowest BCUT2D eigenvalue weighted by molar-refractivity contribution is -0.126. The summed E-state index contributed by atoms with van der Waals surface area (Å²) >= 11 is 0. The molecule has 1 aliphatic rings. The second-order valence-electron chi connectivity index (χ2n) is 8.31. The maximum atomic E-state index is 12.8. The zero-order valence-corrected chi connectivity index (χ0v) is 20.2. The fourth-order valence-electron chi connectivity index (χ4n) is 4.00. The highest BCUT2D eigenvalue weighted by Crippen LogP contribution is 2.33. The molecular weight excluding hydrogens is 460 g/mol. The van der Waals surface area contributed by atoms with Gasteiger partial charge < -0.3 is 19.1 Å². The van der Waals surface area contributed by atoms with Crippen LogP contribution in [0, 0.1) is 0 Å². The van der Waals surface area contributed by atoms with Crippen molar-refractivity contribution in [1.82, 2.24) is 10.4 Å². The van der Waals surface area contributed by atoms with E-state index in [-0.39, 0.29) is 5.91 Å². The molecule has 36 heavy (non-hydrogen) atoms. The summed E-state index contributed by atoms with van der Waals surface area (Å²) in [7, 11) is 3.22. The van der Waals surface area contributed by atoms with Crippen molar-refractivity contribution in [3.8, 4) is 17.2 Å². The van der Waals surface area contributed by atoms with E-state index >= 15 is 0 Å². The minimum absolute atomic E-state index is 0.0471. The second kappa shape index (κ2) is 11.4. The molecule has 0 aromatic heterocycles. The summed E-state index contributed by atoms with van der Waals surface area (Å²) in [6, 6.07) is 18.1. The van der Waals surface area contributed by atoms with Crippen molar-refractivity contribution in [3.63, 3.8) is 0 Å². The third-order valence-electron chi connectivity index (χ3n) is 6.05. The summed E-state index contributed by atoms with van der Waals surface area (Å²) in [5, 5.41) is 8.68. The molecule has 0 bridgehead atoms. The van der Waals surface area contributed by atoms with E-state index in [1.165, 1.54) is 5.56 Å². The number of methoxy groups -OCH3 is 2. The Morgan fingerprint density at radius 1 is 0.972 bits per heavy atom. The predicted molar refractivity (Wildman–Crippen MR) is 134 cm³/mol. The first-order valence-electron chi connectivity index (χ1n) is 11.5. The van der Waals surface area contributed by atoms with E-state index in [1.807, 2.05) is 41.3 Å². The molecule has 8 nitrogen and oxygen atoms in total. The molecule has 4 rings (SSSR count). The number of hydroxylamine groups is 1. The van der Waals surface area contributed by atoms with Gasteiger partial charge >= 0.3 is 0 Å². The summed E-state index contributed by atoms with van der Waals surface area (Å²) < 4.78 is 16.6. The van der Waals surface area contributed by atoms with Crippen molar-refractivity contribution >= 4 is 17.9 Å². The third kappa shape index (κ3) is 5.84. The van der Waals surface area contributed by atoms with Crippen LogP contribution < -0.4 is 19.7 Å². The molecule has 2 amide bonds. The van der Waals surface area contributed by atoms with Crippen LogP contribution in [0.1, 0.15) is 32.6 Å². The molecule has 0 aliphatic carbocycles. The van der Waals surface area contributed by atoms with E-state index in [9.17, 15) is 9.59 Å². The molecule has 3 aromatic rings. The molecule has 1 aliphatic heterocycles. The van der Waals surface area contributed by atoms with Gasteiger partial charge in [0.2, 0.25) is 5.91 Å². The van der Waals surface area contributed by atoms with Gasteiger partial charge in [0.15, 0.2) is 11.5 Å². The van der Waals surface area contributed by atoms with Crippen LogP contribution in [0.3, 0.4) is 0 Å². The van der Waals surface area contributed by atoms with Crippen LogP contribution in [0.15, 0.2) is 66.7 Å². The molecule has 8 heteroatoms. The minimum atomic E-state index is -0.560. The Bertz CT molecular complexity index is 1250. The Labute approximate surface area is 209 Å². The average molecular weight is 489 g/mol. The summed E-state index contributed by atoms with van der Waals surface area (Å²) in [5.74, 6) is 1.44. The fraction of sp³-hybridized carbons (Fsp3) is 0.214. The number of benzene rings is 3. The van der Waals surface area contributed by atoms with Crippen molar-refractivity contribution in [2.75, 3.05) is 20.8 Å². The highest BCUT2D eigenvalue weighted by molar-refractivity contribution is 5.93. The van der Waals surface area contributed by atoms with Gasteiger partial charge in [0.05, 0.1) is 14.2 Å². The van der Waals surface area contributed by atoms with Crippen molar-refractivity contribution < 1.29 is 29.0 Å². The summed E-state index contributed by atoms with van der Waals surface area (Å²) in [5.41, 5.74) is 5.97. The molecule has 186 valence electrons.